The number of fused-ring (bicyclic) bond motifs is 1. The first-order valence-electron chi connectivity index (χ1n) is 7.56. The van der Waals surface area contributed by atoms with Crippen LogP contribution in [0.2, 0.25) is 0 Å². The quantitative estimate of drug-likeness (QED) is 0.771. The zero-order chi connectivity index (χ0) is 15.5. The van der Waals surface area contributed by atoms with Crippen LogP contribution in [0.3, 0.4) is 0 Å². The van der Waals surface area contributed by atoms with E-state index in [0.717, 1.165) is 23.0 Å². The Kier molecular flexibility index (Phi) is 4.20. The average Bonchev–Trinajstić information content (AvgIpc) is 2.89. The molecule has 0 unspecified atom stereocenters. The van der Waals surface area contributed by atoms with Gasteiger partial charge in [-0.15, -0.1) is 0 Å². The summed E-state index contributed by atoms with van der Waals surface area (Å²) in [6, 6.07) is 14.3. The Balaban J connectivity index is 2.05. The third-order valence-corrected chi connectivity index (χ3v) is 3.80. The molecule has 0 bridgehead atoms. The lowest BCUT2D eigenvalue weighted by Gasteiger charge is -2.13. The Hall–Kier alpha value is -2.20. The second-order valence-electron chi connectivity index (χ2n) is 5.48. The highest BCUT2D eigenvalue weighted by molar-refractivity contribution is 5.76. The van der Waals surface area contributed by atoms with E-state index >= 15 is 0 Å². The van der Waals surface area contributed by atoms with Gasteiger partial charge in [-0.3, -0.25) is 0 Å². The highest BCUT2D eigenvalue weighted by Crippen LogP contribution is 2.24. The van der Waals surface area contributed by atoms with E-state index in [4.69, 9.17) is 0 Å². The molecule has 2 aromatic carbocycles. The number of para-hydroxylation sites is 2. The van der Waals surface area contributed by atoms with Crippen LogP contribution in [-0.4, -0.2) is 14.7 Å². The van der Waals surface area contributed by atoms with Gasteiger partial charge in [-0.2, -0.15) is 0 Å². The summed E-state index contributed by atoms with van der Waals surface area (Å²) in [6.07, 6.45) is 0.978. The monoisotopic (exact) mass is 298 g/mol. The van der Waals surface area contributed by atoms with E-state index in [0.29, 0.717) is 18.8 Å². The summed E-state index contributed by atoms with van der Waals surface area (Å²) in [5.74, 6) is 0.429. The standard InChI is InChI=1S/C18H19FN2O/c1-2-5-17(22)18-20-15-6-3-4-7-16(15)21(18)12-13-8-10-14(19)11-9-13/h3-4,6-11,17,22H,2,5,12H2,1H3/t17-/m0/s1. The third kappa shape index (κ3) is 2.88. The highest BCUT2D eigenvalue weighted by atomic mass is 19.1. The number of rotatable bonds is 5. The fourth-order valence-electron chi connectivity index (χ4n) is 2.69. The van der Waals surface area contributed by atoms with Crippen LogP contribution in [0.15, 0.2) is 48.5 Å². The Morgan fingerprint density at radius 2 is 1.86 bits per heavy atom. The SMILES string of the molecule is CCC[C@H](O)c1nc2ccccc2n1Cc1ccc(F)cc1. The molecule has 0 aliphatic rings. The van der Waals surface area contributed by atoms with E-state index in [1.807, 2.05) is 35.8 Å². The number of aromatic nitrogens is 2. The van der Waals surface area contributed by atoms with Crippen molar-refractivity contribution in [2.75, 3.05) is 0 Å². The molecule has 0 aliphatic heterocycles. The normalized spacial score (nSPS) is 12.7. The van der Waals surface area contributed by atoms with Gasteiger partial charge in [0.15, 0.2) is 0 Å². The third-order valence-electron chi connectivity index (χ3n) is 3.80. The summed E-state index contributed by atoms with van der Waals surface area (Å²) in [5, 5.41) is 10.4. The van der Waals surface area contributed by atoms with Crippen LogP contribution in [-0.2, 0) is 6.54 Å². The molecular formula is C18H19FN2O. The molecule has 3 aromatic rings. The smallest absolute Gasteiger partial charge is 0.139 e. The number of hydrogen-bond donors (Lipinski definition) is 1. The summed E-state index contributed by atoms with van der Waals surface area (Å²) in [7, 11) is 0. The molecule has 3 nitrogen and oxygen atoms in total. The molecule has 1 atom stereocenters. The topological polar surface area (TPSA) is 38.1 Å². The van der Waals surface area contributed by atoms with Crippen LogP contribution in [0.5, 0.6) is 0 Å². The Bertz CT molecular complexity index is 764. The molecule has 0 radical (unpaired) electrons. The Morgan fingerprint density at radius 3 is 2.59 bits per heavy atom. The molecule has 0 saturated heterocycles. The van der Waals surface area contributed by atoms with Gasteiger partial charge in [0.1, 0.15) is 17.7 Å². The predicted octanol–water partition coefficient (Wildman–Crippen LogP) is 4.06. The van der Waals surface area contributed by atoms with Gasteiger partial charge >= 0.3 is 0 Å². The van der Waals surface area contributed by atoms with Crippen molar-refractivity contribution in [1.82, 2.24) is 9.55 Å². The highest BCUT2D eigenvalue weighted by Gasteiger charge is 2.17. The molecule has 0 spiro atoms. The van der Waals surface area contributed by atoms with Gasteiger partial charge in [0.2, 0.25) is 0 Å². The maximum Gasteiger partial charge on any atom is 0.139 e. The lowest BCUT2D eigenvalue weighted by molar-refractivity contribution is 0.153. The van der Waals surface area contributed by atoms with E-state index < -0.39 is 6.10 Å². The molecule has 1 heterocycles. The number of aliphatic hydroxyl groups is 1. The molecule has 0 amide bonds. The van der Waals surface area contributed by atoms with Crippen molar-refractivity contribution in [3.8, 4) is 0 Å². The van der Waals surface area contributed by atoms with Crippen molar-refractivity contribution in [2.24, 2.45) is 0 Å². The number of halogens is 1. The van der Waals surface area contributed by atoms with E-state index in [9.17, 15) is 9.50 Å². The molecule has 0 saturated carbocycles. The second kappa shape index (κ2) is 6.28. The van der Waals surface area contributed by atoms with Crippen LogP contribution in [0, 0.1) is 5.82 Å². The summed E-state index contributed by atoms with van der Waals surface area (Å²) >= 11 is 0. The van der Waals surface area contributed by atoms with Gasteiger partial charge in [-0.25, -0.2) is 9.37 Å². The first-order chi connectivity index (χ1) is 10.7. The van der Waals surface area contributed by atoms with Crippen molar-refractivity contribution in [1.29, 1.82) is 0 Å². The van der Waals surface area contributed by atoms with E-state index in [1.165, 1.54) is 12.1 Å². The lowest BCUT2D eigenvalue weighted by Crippen LogP contribution is -2.10. The number of nitrogens with zero attached hydrogens (tertiary/aromatic N) is 2. The van der Waals surface area contributed by atoms with Gasteiger partial charge in [0.25, 0.3) is 0 Å². The minimum atomic E-state index is -0.585. The summed E-state index contributed by atoms with van der Waals surface area (Å²) in [5.41, 5.74) is 2.83. The first-order valence-corrected chi connectivity index (χ1v) is 7.56. The van der Waals surface area contributed by atoms with E-state index in [2.05, 4.69) is 4.98 Å². The molecule has 22 heavy (non-hydrogen) atoms. The lowest BCUT2D eigenvalue weighted by atomic mass is 10.2. The zero-order valence-electron chi connectivity index (χ0n) is 12.5. The fraction of sp³-hybridized carbons (Fsp3) is 0.278. The molecule has 3 rings (SSSR count). The number of aliphatic hydroxyl groups excluding tert-OH is 1. The zero-order valence-corrected chi connectivity index (χ0v) is 12.5. The second-order valence-corrected chi connectivity index (χ2v) is 5.48. The van der Waals surface area contributed by atoms with Crippen molar-refractivity contribution < 1.29 is 9.50 Å². The molecule has 114 valence electrons. The van der Waals surface area contributed by atoms with Gasteiger partial charge in [0, 0.05) is 6.54 Å². The van der Waals surface area contributed by atoms with Crippen LogP contribution in [0.1, 0.15) is 37.3 Å². The van der Waals surface area contributed by atoms with Crippen molar-refractivity contribution >= 4 is 11.0 Å². The van der Waals surface area contributed by atoms with Crippen molar-refractivity contribution in [2.45, 2.75) is 32.4 Å². The average molecular weight is 298 g/mol. The number of hydrogen-bond acceptors (Lipinski definition) is 2. The molecule has 0 fully saturated rings. The van der Waals surface area contributed by atoms with Crippen molar-refractivity contribution in [3.05, 3.63) is 65.7 Å². The summed E-state index contributed by atoms with van der Waals surface area (Å²) in [6.45, 7) is 2.60. The van der Waals surface area contributed by atoms with Crippen LogP contribution in [0.25, 0.3) is 11.0 Å². The largest absolute Gasteiger partial charge is 0.385 e. The number of benzene rings is 2. The minimum absolute atomic E-state index is 0.245. The maximum atomic E-state index is 13.1. The summed E-state index contributed by atoms with van der Waals surface area (Å²) in [4.78, 5) is 4.58. The molecule has 1 N–H and O–H groups in total. The molecule has 4 heteroatoms. The van der Waals surface area contributed by atoms with Crippen LogP contribution >= 0.6 is 0 Å². The fourth-order valence-corrected chi connectivity index (χ4v) is 2.69. The first kappa shape index (κ1) is 14.7. The van der Waals surface area contributed by atoms with E-state index in [-0.39, 0.29) is 5.82 Å². The molecule has 0 aliphatic carbocycles. The van der Waals surface area contributed by atoms with Crippen molar-refractivity contribution in [3.63, 3.8) is 0 Å². The van der Waals surface area contributed by atoms with Gasteiger partial charge < -0.3 is 9.67 Å². The number of imidazole rings is 1. The Labute approximate surface area is 129 Å². The van der Waals surface area contributed by atoms with Crippen LogP contribution in [0.4, 0.5) is 4.39 Å². The van der Waals surface area contributed by atoms with Gasteiger partial charge in [-0.05, 0) is 36.2 Å². The predicted molar refractivity (Wildman–Crippen MR) is 85.1 cm³/mol. The maximum absolute atomic E-state index is 13.1. The van der Waals surface area contributed by atoms with Gasteiger partial charge in [-0.1, -0.05) is 37.6 Å². The minimum Gasteiger partial charge on any atom is -0.385 e. The van der Waals surface area contributed by atoms with E-state index in [1.54, 1.807) is 12.1 Å². The summed E-state index contributed by atoms with van der Waals surface area (Å²) < 4.78 is 15.1. The molecule has 1 aromatic heterocycles. The van der Waals surface area contributed by atoms with Crippen LogP contribution < -0.4 is 0 Å². The molecular weight excluding hydrogens is 279 g/mol. The Morgan fingerprint density at radius 1 is 1.14 bits per heavy atom. The van der Waals surface area contributed by atoms with Gasteiger partial charge in [0.05, 0.1) is 11.0 Å².